The zero-order valence-electron chi connectivity index (χ0n) is 30.1. The van der Waals surface area contributed by atoms with Gasteiger partial charge in [-0.1, -0.05) is 121 Å². The van der Waals surface area contributed by atoms with Gasteiger partial charge in [0.25, 0.3) is 0 Å². The molecule has 4 heteroatoms. The average molecular weight is 750 g/mol. The molecular formula is C52H31NOS2. The van der Waals surface area contributed by atoms with Gasteiger partial charge in [-0.15, -0.1) is 22.7 Å². The van der Waals surface area contributed by atoms with E-state index in [2.05, 4.69) is 193 Å². The first-order valence-electron chi connectivity index (χ1n) is 18.9. The minimum atomic E-state index is 0.905. The fraction of sp³-hybridized carbons (Fsp3) is 0. The van der Waals surface area contributed by atoms with Crippen molar-refractivity contribution in [3.63, 3.8) is 0 Å². The van der Waals surface area contributed by atoms with Crippen LogP contribution in [0.3, 0.4) is 0 Å². The van der Waals surface area contributed by atoms with Crippen LogP contribution in [0.2, 0.25) is 0 Å². The molecule has 0 spiro atoms. The Balaban J connectivity index is 0.991. The maximum atomic E-state index is 6.54. The van der Waals surface area contributed by atoms with E-state index in [0.29, 0.717) is 0 Å². The molecular weight excluding hydrogens is 719 g/mol. The largest absolute Gasteiger partial charge is 0.455 e. The van der Waals surface area contributed by atoms with Crippen molar-refractivity contribution in [2.75, 3.05) is 4.90 Å². The summed E-state index contributed by atoms with van der Waals surface area (Å²) in [5, 5.41) is 9.87. The lowest BCUT2D eigenvalue weighted by molar-refractivity contribution is 0.673. The Morgan fingerprint density at radius 2 is 0.911 bits per heavy atom. The van der Waals surface area contributed by atoms with E-state index in [0.717, 1.165) is 50.0 Å². The summed E-state index contributed by atoms with van der Waals surface area (Å²) < 4.78 is 11.8. The molecule has 0 aliphatic heterocycles. The van der Waals surface area contributed by atoms with Crippen LogP contribution in [-0.4, -0.2) is 0 Å². The Hall–Kier alpha value is -6.72. The van der Waals surface area contributed by atoms with Crippen LogP contribution in [0.1, 0.15) is 0 Å². The van der Waals surface area contributed by atoms with Gasteiger partial charge >= 0.3 is 0 Å². The minimum Gasteiger partial charge on any atom is -0.455 e. The van der Waals surface area contributed by atoms with Crippen molar-refractivity contribution in [1.82, 2.24) is 0 Å². The quantitative estimate of drug-likeness (QED) is 0.174. The molecule has 0 unspecified atom stereocenters. The SMILES string of the molecule is c1ccc2c(c1)ccc1c2oc2cccc(-c3ccc(N(c4ccc(-c5cccc6sc7ccccc7c56)cc4)c4ccc5c(c4)sc4ccccc45)cc3)c21. The summed E-state index contributed by atoms with van der Waals surface area (Å²) in [6.07, 6.45) is 0. The number of rotatable bonds is 5. The van der Waals surface area contributed by atoms with Crippen molar-refractivity contribution in [1.29, 1.82) is 0 Å². The zero-order valence-corrected chi connectivity index (χ0v) is 31.7. The Kier molecular flexibility index (Phi) is 7.00. The molecule has 0 N–H and O–H groups in total. The molecule has 12 aromatic rings. The lowest BCUT2D eigenvalue weighted by atomic mass is 9.97. The third-order valence-electron chi connectivity index (χ3n) is 11.3. The predicted molar refractivity (Wildman–Crippen MR) is 243 cm³/mol. The van der Waals surface area contributed by atoms with Gasteiger partial charge in [0.05, 0.1) is 0 Å². The number of nitrogens with zero attached hydrogens (tertiary/aromatic N) is 1. The highest BCUT2D eigenvalue weighted by atomic mass is 32.1. The van der Waals surface area contributed by atoms with Gasteiger partial charge in [0, 0.05) is 73.6 Å². The number of hydrogen-bond acceptors (Lipinski definition) is 4. The van der Waals surface area contributed by atoms with E-state index in [1.165, 1.54) is 62.4 Å². The summed E-state index contributed by atoms with van der Waals surface area (Å²) in [5.41, 5.74) is 9.99. The van der Waals surface area contributed by atoms with Crippen molar-refractivity contribution >= 4 is 113 Å². The van der Waals surface area contributed by atoms with E-state index in [1.807, 2.05) is 22.7 Å². The number of hydrogen-bond donors (Lipinski definition) is 0. The van der Waals surface area contributed by atoms with Crippen molar-refractivity contribution in [3.8, 4) is 22.3 Å². The molecule has 0 saturated carbocycles. The van der Waals surface area contributed by atoms with Crippen molar-refractivity contribution in [3.05, 3.63) is 188 Å². The van der Waals surface area contributed by atoms with E-state index in [4.69, 9.17) is 4.42 Å². The zero-order chi connectivity index (χ0) is 36.7. The molecule has 2 nitrogen and oxygen atoms in total. The molecule has 0 amide bonds. The monoisotopic (exact) mass is 749 g/mol. The van der Waals surface area contributed by atoms with Crippen LogP contribution in [0.15, 0.2) is 192 Å². The van der Waals surface area contributed by atoms with E-state index in [-0.39, 0.29) is 0 Å². The minimum absolute atomic E-state index is 0.905. The fourth-order valence-corrected chi connectivity index (χ4v) is 11.0. The first-order valence-corrected chi connectivity index (χ1v) is 20.5. The average Bonchev–Trinajstić information content (AvgIpc) is 3.96. The summed E-state index contributed by atoms with van der Waals surface area (Å²) in [6.45, 7) is 0. The fourth-order valence-electron chi connectivity index (χ4n) is 8.69. The third-order valence-corrected chi connectivity index (χ3v) is 13.6. The number of fused-ring (bicyclic) bond motifs is 11. The molecule has 0 fully saturated rings. The van der Waals surface area contributed by atoms with Gasteiger partial charge in [0.15, 0.2) is 0 Å². The molecule has 0 bridgehead atoms. The summed E-state index contributed by atoms with van der Waals surface area (Å²) >= 11 is 3.72. The van der Waals surface area contributed by atoms with Gasteiger partial charge in [-0.3, -0.25) is 0 Å². The maximum Gasteiger partial charge on any atom is 0.143 e. The number of anilines is 3. The molecule has 9 aromatic carbocycles. The smallest absolute Gasteiger partial charge is 0.143 e. The van der Waals surface area contributed by atoms with Crippen molar-refractivity contribution in [2.45, 2.75) is 0 Å². The molecule has 0 aliphatic rings. The first-order chi connectivity index (χ1) is 27.7. The van der Waals surface area contributed by atoms with E-state index < -0.39 is 0 Å². The number of furan rings is 1. The van der Waals surface area contributed by atoms with Crippen LogP contribution in [-0.2, 0) is 0 Å². The van der Waals surface area contributed by atoms with Crippen molar-refractivity contribution in [2.24, 2.45) is 0 Å². The van der Waals surface area contributed by atoms with Crippen LogP contribution in [0.4, 0.5) is 17.1 Å². The van der Waals surface area contributed by atoms with Gasteiger partial charge < -0.3 is 9.32 Å². The highest BCUT2D eigenvalue weighted by Gasteiger charge is 2.19. The molecule has 3 aromatic heterocycles. The second-order valence-electron chi connectivity index (χ2n) is 14.4. The molecule has 0 atom stereocenters. The van der Waals surface area contributed by atoms with Gasteiger partial charge in [0.2, 0.25) is 0 Å². The first kappa shape index (κ1) is 31.6. The molecule has 0 radical (unpaired) electrons. The summed E-state index contributed by atoms with van der Waals surface area (Å²) in [6, 6.07) is 68.4. The molecule has 12 rings (SSSR count). The van der Waals surface area contributed by atoms with E-state index >= 15 is 0 Å². The Bertz CT molecular complexity index is 3480. The predicted octanol–water partition coefficient (Wildman–Crippen LogP) is 16.3. The topological polar surface area (TPSA) is 16.4 Å². The number of benzene rings is 9. The van der Waals surface area contributed by atoms with Crippen LogP contribution in [0, 0.1) is 0 Å². The highest BCUT2D eigenvalue weighted by molar-refractivity contribution is 7.26. The molecule has 3 heterocycles. The maximum absolute atomic E-state index is 6.54. The van der Waals surface area contributed by atoms with E-state index in [1.54, 1.807) is 0 Å². The normalized spacial score (nSPS) is 11.9. The van der Waals surface area contributed by atoms with Crippen molar-refractivity contribution < 1.29 is 4.42 Å². The van der Waals surface area contributed by atoms with Gasteiger partial charge in [0.1, 0.15) is 11.2 Å². The second-order valence-corrected chi connectivity index (χ2v) is 16.6. The number of thiophene rings is 2. The Morgan fingerprint density at radius 1 is 0.357 bits per heavy atom. The molecule has 0 aliphatic carbocycles. The lowest BCUT2D eigenvalue weighted by Crippen LogP contribution is -2.09. The van der Waals surface area contributed by atoms with E-state index in [9.17, 15) is 0 Å². The lowest BCUT2D eigenvalue weighted by Gasteiger charge is -2.26. The van der Waals surface area contributed by atoms with Gasteiger partial charge in [-0.05, 0) is 94.4 Å². The standard InChI is InChI=1S/C52H31NOS2/c1-2-10-40-32(9-1)23-29-44-50-38(13-7-15-45(50)54-52(40)44)33-19-24-35(25-20-33)53(37-28-30-42-41-11-3-5-16-46(41)56-49(42)31-37)36-26-21-34(22-27-36)39-14-8-18-48-51(39)43-12-4-6-17-47(43)55-48/h1-31H. The summed E-state index contributed by atoms with van der Waals surface area (Å²) in [4.78, 5) is 2.39. The second kappa shape index (κ2) is 12.4. The Labute approximate surface area is 330 Å². The Morgan fingerprint density at radius 3 is 1.68 bits per heavy atom. The third kappa shape index (κ3) is 4.86. The highest BCUT2D eigenvalue weighted by Crippen LogP contribution is 2.45. The molecule has 0 saturated heterocycles. The van der Waals surface area contributed by atoms with Crippen LogP contribution in [0.5, 0.6) is 0 Å². The van der Waals surface area contributed by atoms with Crippen LogP contribution in [0.25, 0.3) is 95.3 Å². The summed E-state index contributed by atoms with van der Waals surface area (Å²) in [5.74, 6) is 0. The molecule has 262 valence electrons. The van der Waals surface area contributed by atoms with Gasteiger partial charge in [-0.25, -0.2) is 0 Å². The molecule has 56 heavy (non-hydrogen) atoms. The van der Waals surface area contributed by atoms with Crippen LogP contribution >= 0.6 is 22.7 Å². The summed E-state index contributed by atoms with van der Waals surface area (Å²) in [7, 11) is 0. The van der Waals surface area contributed by atoms with Gasteiger partial charge in [-0.2, -0.15) is 0 Å². The van der Waals surface area contributed by atoms with Crippen LogP contribution < -0.4 is 4.90 Å².